The van der Waals surface area contributed by atoms with E-state index in [0.29, 0.717) is 30.8 Å². The fourth-order valence-corrected chi connectivity index (χ4v) is 4.21. The van der Waals surface area contributed by atoms with Gasteiger partial charge in [0.15, 0.2) is 0 Å². The van der Waals surface area contributed by atoms with Crippen molar-refractivity contribution in [1.82, 2.24) is 15.3 Å². The first-order valence-electron chi connectivity index (χ1n) is 11.6. The van der Waals surface area contributed by atoms with Crippen molar-refractivity contribution in [2.24, 2.45) is 11.0 Å². The number of hydrazone groups is 1. The predicted octanol–water partition coefficient (Wildman–Crippen LogP) is 6.50. The molecule has 10 heteroatoms. The monoisotopic (exact) mass is 514 g/mol. The van der Waals surface area contributed by atoms with Gasteiger partial charge in [0.2, 0.25) is 5.90 Å². The van der Waals surface area contributed by atoms with Crippen LogP contribution in [0.25, 0.3) is 0 Å². The van der Waals surface area contributed by atoms with Crippen molar-refractivity contribution < 1.29 is 22.3 Å². The van der Waals surface area contributed by atoms with Crippen LogP contribution in [-0.2, 0) is 4.74 Å². The van der Waals surface area contributed by atoms with E-state index < -0.39 is 23.6 Å². The molecule has 194 valence electrons. The SMILES string of the molecule is CC.CCN1NN=C(OC2C=CC=C(F)C=C2)C=C1C1=CC(C(C)(C)NSCC(F)(F)F)CC=C1. The van der Waals surface area contributed by atoms with Gasteiger partial charge in [0, 0.05) is 18.2 Å². The lowest BCUT2D eigenvalue weighted by Gasteiger charge is -2.36. The molecule has 0 aromatic heterocycles. The summed E-state index contributed by atoms with van der Waals surface area (Å²) in [6, 6.07) is 0. The van der Waals surface area contributed by atoms with Gasteiger partial charge in [-0.05, 0) is 63.0 Å². The molecule has 35 heavy (non-hydrogen) atoms. The van der Waals surface area contributed by atoms with E-state index in [1.165, 1.54) is 12.2 Å². The average molecular weight is 515 g/mol. The maximum absolute atomic E-state index is 13.4. The van der Waals surface area contributed by atoms with Gasteiger partial charge in [-0.1, -0.05) is 50.1 Å². The van der Waals surface area contributed by atoms with Gasteiger partial charge in [0.1, 0.15) is 17.7 Å². The van der Waals surface area contributed by atoms with Crippen LogP contribution in [0.15, 0.2) is 76.9 Å². The van der Waals surface area contributed by atoms with Crippen LogP contribution in [0.1, 0.15) is 41.0 Å². The highest BCUT2D eigenvalue weighted by molar-refractivity contribution is 7.97. The molecular weight excluding hydrogens is 480 g/mol. The van der Waals surface area contributed by atoms with E-state index in [0.717, 1.165) is 11.3 Å². The van der Waals surface area contributed by atoms with Crippen LogP contribution in [0.3, 0.4) is 0 Å². The molecule has 1 heterocycles. The van der Waals surface area contributed by atoms with Crippen LogP contribution in [0.5, 0.6) is 0 Å². The summed E-state index contributed by atoms with van der Waals surface area (Å²) in [4.78, 5) is 0. The zero-order valence-electron chi connectivity index (χ0n) is 20.7. The molecule has 3 aliphatic rings. The smallest absolute Gasteiger partial charge is 0.399 e. The second kappa shape index (κ2) is 13.0. The highest BCUT2D eigenvalue weighted by atomic mass is 32.2. The first kappa shape index (κ1) is 28.8. The zero-order valence-corrected chi connectivity index (χ0v) is 21.5. The Balaban J connectivity index is 0.00000210. The Labute approximate surface area is 209 Å². The van der Waals surface area contributed by atoms with E-state index in [1.54, 1.807) is 24.3 Å². The summed E-state index contributed by atoms with van der Waals surface area (Å²) >= 11 is 0.676. The molecule has 2 aliphatic carbocycles. The van der Waals surface area contributed by atoms with Gasteiger partial charge in [0.05, 0.1) is 5.70 Å². The minimum absolute atomic E-state index is 0.0251. The number of hydrogen-bond acceptors (Lipinski definition) is 6. The summed E-state index contributed by atoms with van der Waals surface area (Å²) in [5, 5.41) is 6.10. The molecule has 2 unspecified atom stereocenters. The minimum Gasteiger partial charge on any atom is -0.465 e. The summed E-state index contributed by atoms with van der Waals surface area (Å²) < 4.78 is 59.9. The Kier molecular flexibility index (Phi) is 10.7. The first-order chi connectivity index (χ1) is 16.6. The van der Waals surface area contributed by atoms with E-state index in [2.05, 4.69) is 21.4 Å². The number of allylic oxidation sites excluding steroid dienone is 6. The quantitative estimate of drug-likeness (QED) is 0.300. The van der Waals surface area contributed by atoms with Gasteiger partial charge in [0.25, 0.3) is 0 Å². The molecule has 1 aliphatic heterocycles. The molecule has 5 nitrogen and oxygen atoms in total. The third-order valence-electron chi connectivity index (χ3n) is 5.27. The van der Waals surface area contributed by atoms with Gasteiger partial charge in [-0.3, -0.25) is 9.73 Å². The predicted molar refractivity (Wildman–Crippen MR) is 136 cm³/mol. The third-order valence-corrected chi connectivity index (χ3v) is 6.41. The lowest BCUT2D eigenvalue weighted by atomic mass is 9.81. The van der Waals surface area contributed by atoms with Crippen molar-refractivity contribution in [1.29, 1.82) is 0 Å². The maximum Gasteiger partial charge on any atom is 0.399 e. The van der Waals surface area contributed by atoms with Crippen molar-refractivity contribution in [3.8, 4) is 0 Å². The Morgan fingerprint density at radius 3 is 2.66 bits per heavy atom. The summed E-state index contributed by atoms with van der Waals surface area (Å²) in [5.41, 5.74) is 4.13. The van der Waals surface area contributed by atoms with Crippen molar-refractivity contribution >= 4 is 17.8 Å². The number of nitrogens with zero attached hydrogens (tertiary/aromatic N) is 2. The molecule has 0 aromatic carbocycles. The average Bonchev–Trinajstić information content (AvgIpc) is 3.03. The number of ether oxygens (including phenoxy) is 1. The van der Waals surface area contributed by atoms with Gasteiger partial charge in [-0.2, -0.15) is 13.2 Å². The lowest BCUT2D eigenvalue weighted by molar-refractivity contribution is -0.105. The van der Waals surface area contributed by atoms with Crippen LogP contribution in [0.2, 0.25) is 0 Å². The lowest BCUT2D eigenvalue weighted by Crippen LogP contribution is -2.43. The molecule has 0 fully saturated rings. The second-order valence-electron chi connectivity index (χ2n) is 8.30. The van der Waals surface area contributed by atoms with Crippen molar-refractivity contribution in [2.75, 3.05) is 12.3 Å². The van der Waals surface area contributed by atoms with Gasteiger partial charge < -0.3 is 4.74 Å². The molecule has 2 atom stereocenters. The van der Waals surface area contributed by atoms with Crippen LogP contribution in [0, 0.1) is 5.92 Å². The summed E-state index contributed by atoms with van der Waals surface area (Å²) in [5.74, 6) is -0.995. The molecule has 3 rings (SSSR count). The number of likely N-dealkylation sites (N-methyl/N-ethyl adjacent to an activating group) is 1. The van der Waals surface area contributed by atoms with Crippen LogP contribution in [-0.4, -0.2) is 41.0 Å². The normalized spacial score (nSPS) is 22.1. The van der Waals surface area contributed by atoms with Crippen LogP contribution >= 0.6 is 11.9 Å². The maximum atomic E-state index is 13.4. The van der Waals surface area contributed by atoms with Crippen molar-refractivity contribution in [3.05, 3.63) is 71.8 Å². The molecular formula is C25H34F4N4OS. The summed E-state index contributed by atoms with van der Waals surface area (Å²) in [7, 11) is 0. The molecule has 0 bridgehead atoms. The molecule has 0 aromatic rings. The summed E-state index contributed by atoms with van der Waals surface area (Å²) in [6.45, 7) is 10.4. The number of alkyl halides is 3. The van der Waals surface area contributed by atoms with E-state index in [-0.39, 0.29) is 11.7 Å². The van der Waals surface area contributed by atoms with E-state index in [4.69, 9.17) is 4.74 Å². The Hall–Kier alpha value is -2.46. The fourth-order valence-electron chi connectivity index (χ4n) is 3.45. The van der Waals surface area contributed by atoms with E-state index in [1.807, 2.05) is 51.8 Å². The molecule has 0 saturated heterocycles. The van der Waals surface area contributed by atoms with Gasteiger partial charge >= 0.3 is 6.18 Å². The fraction of sp³-hybridized carbons (Fsp3) is 0.480. The van der Waals surface area contributed by atoms with Crippen molar-refractivity contribution in [2.45, 2.75) is 58.9 Å². The zero-order chi connectivity index (χ0) is 26.1. The minimum atomic E-state index is -4.22. The topological polar surface area (TPSA) is 48.9 Å². The molecule has 0 spiro atoms. The summed E-state index contributed by atoms with van der Waals surface area (Å²) in [6.07, 6.45) is 11.5. The second-order valence-corrected chi connectivity index (χ2v) is 9.08. The first-order valence-corrected chi connectivity index (χ1v) is 12.6. The third kappa shape index (κ3) is 8.92. The number of hydrogen-bond donors (Lipinski definition) is 2. The van der Waals surface area contributed by atoms with Crippen molar-refractivity contribution in [3.63, 3.8) is 0 Å². The van der Waals surface area contributed by atoms with E-state index in [9.17, 15) is 17.6 Å². The molecule has 2 N–H and O–H groups in total. The molecule has 0 radical (unpaired) electrons. The highest BCUT2D eigenvalue weighted by Crippen LogP contribution is 2.33. The number of hydrazine groups is 1. The Morgan fingerprint density at radius 2 is 1.97 bits per heavy atom. The largest absolute Gasteiger partial charge is 0.465 e. The Morgan fingerprint density at radius 1 is 1.23 bits per heavy atom. The number of halogens is 4. The van der Waals surface area contributed by atoms with Gasteiger partial charge in [-0.15, -0.1) is 5.10 Å². The number of rotatable bonds is 7. The molecule has 0 saturated carbocycles. The van der Waals surface area contributed by atoms with E-state index >= 15 is 0 Å². The standard InChI is InChI=1S/C23H28F4N4OS.C2H6/c1-4-31-20(14-21(28-30-31)32-19-10-6-9-18(24)11-12-19)16-7-5-8-17(13-16)22(2,3)29-33-15-23(25,26)27;1-2/h5-7,9-14,17,19,29-30H,4,8,15H2,1-3H3;1-2H3. The van der Waals surface area contributed by atoms with Crippen LogP contribution < -0.4 is 10.3 Å². The Bertz CT molecular complexity index is 932. The van der Waals surface area contributed by atoms with Gasteiger partial charge in [-0.25, -0.2) is 9.93 Å². The highest BCUT2D eigenvalue weighted by Gasteiger charge is 2.33. The van der Waals surface area contributed by atoms with Crippen LogP contribution in [0.4, 0.5) is 17.6 Å². The number of nitrogens with one attached hydrogen (secondary N) is 2. The molecule has 0 amide bonds.